The molecule has 0 aliphatic rings. The van der Waals surface area contributed by atoms with E-state index >= 15 is 0 Å². The van der Waals surface area contributed by atoms with Crippen molar-refractivity contribution in [1.82, 2.24) is 0 Å². The van der Waals surface area contributed by atoms with Crippen molar-refractivity contribution in [3.8, 4) is 5.75 Å². The van der Waals surface area contributed by atoms with Crippen molar-refractivity contribution in [3.63, 3.8) is 0 Å². The average Bonchev–Trinajstić information content (AvgIpc) is 2.65. The second-order valence-corrected chi connectivity index (χ2v) is 6.45. The van der Waals surface area contributed by atoms with E-state index in [1.165, 1.54) is 5.56 Å². The van der Waals surface area contributed by atoms with Crippen molar-refractivity contribution < 1.29 is 24.5 Å². The average molecular weight is 371 g/mol. The molecule has 27 heavy (non-hydrogen) atoms. The van der Waals surface area contributed by atoms with E-state index in [0.717, 1.165) is 31.2 Å². The van der Waals surface area contributed by atoms with E-state index in [1.807, 2.05) is 30.3 Å². The van der Waals surface area contributed by atoms with Crippen molar-refractivity contribution in [2.24, 2.45) is 5.73 Å². The zero-order valence-corrected chi connectivity index (χ0v) is 15.1. The minimum Gasteiger partial charge on any atom is -0.488 e. The highest BCUT2D eigenvalue weighted by molar-refractivity contribution is 5.76. The first-order valence-corrected chi connectivity index (χ1v) is 8.95. The Morgan fingerprint density at radius 2 is 1.44 bits per heavy atom. The summed E-state index contributed by atoms with van der Waals surface area (Å²) in [4.78, 5) is 21.9. The summed E-state index contributed by atoms with van der Waals surface area (Å²) in [5.41, 5.74) is 8.01. The number of carboxylic acids is 2. The van der Waals surface area contributed by atoms with E-state index in [4.69, 9.17) is 20.7 Å². The molecule has 0 heterocycles. The van der Waals surface area contributed by atoms with Gasteiger partial charge in [-0.3, -0.25) is 9.59 Å². The number of hydrogen-bond acceptors (Lipinski definition) is 4. The first kappa shape index (κ1) is 20.5. The quantitative estimate of drug-likeness (QED) is 0.524. The van der Waals surface area contributed by atoms with Crippen LogP contribution in [0.25, 0.3) is 0 Å². The van der Waals surface area contributed by atoms with Crippen LogP contribution < -0.4 is 10.5 Å². The number of rotatable bonds is 11. The maximum atomic E-state index is 11.0. The maximum Gasteiger partial charge on any atom is 0.324 e. The highest BCUT2D eigenvalue weighted by Gasteiger charge is 2.28. The Balaban J connectivity index is 1.84. The fraction of sp³-hybridized carbons (Fsp3) is 0.333. The second-order valence-electron chi connectivity index (χ2n) is 6.45. The molecule has 6 nitrogen and oxygen atoms in total. The van der Waals surface area contributed by atoms with E-state index in [2.05, 4.69) is 12.1 Å². The lowest BCUT2D eigenvalue weighted by atomic mass is 10.0. The van der Waals surface area contributed by atoms with Crippen LogP contribution in [0, 0.1) is 0 Å². The van der Waals surface area contributed by atoms with E-state index in [9.17, 15) is 9.59 Å². The normalized spacial score (nSPS) is 12.9. The third kappa shape index (κ3) is 7.11. The molecule has 0 saturated carbocycles. The fourth-order valence-electron chi connectivity index (χ4n) is 2.79. The molecule has 2 aromatic carbocycles. The molecule has 2 rings (SSSR count). The molecular formula is C21H25NO5. The van der Waals surface area contributed by atoms with Crippen LogP contribution in [0.15, 0.2) is 54.6 Å². The first-order valence-electron chi connectivity index (χ1n) is 8.95. The monoisotopic (exact) mass is 371 g/mol. The summed E-state index contributed by atoms with van der Waals surface area (Å²) in [5, 5.41) is 17.9. The van der Waals surface area contributed by atoms with Crippen LogP contribution in [0.1, 0.15) is 30.4 Å². The van der Waals surface area contributed by atoms with Gasteiger partial charge >= 0.3 is 11.9 Å². The Kier molecular flexibility index (Phi) is 7.82. The molecular weight excluding hydrogens is 346 g/mol. The smallest absolute Gasteiger partial charge is 0.324 e. The molecule has 0 fully saturated rings. The highest BCUT2D eigenvalue weighted by Crippen LogP contribution is 2.18. The number of hydrogen-bond donors (Lipinski definition) is 3. The summed E-state index contributed by atoms with van der Waals surface area (Å²) < 4.78 is 5.50. The van der Waals surface area contributed by atoms with E-state index < -0.39 is 30.5 Å². The SMILES string of the molecule is NC(C(=O)O)C(CC(=O)O)Oc1ccc(CCCCc2ccccc2)cc1. The third-order valence-corrected chi connectivity index (χ3v) is 4.30. The molecule has 144 valence electrons. The summed E-state index contributed by atoms with van der Waals surface area (Å²) >= 11 is 0. The van der Waals surface area contributed by atoms with Crippen LogP contribution in [0.2, 0.25) is 0 Å². The van der Waals surface area contributed by atoms with Gasteiger partial charge in [-0.15, -0.1) is 0 Å². The van der Waals surface area contributed by atoms with Crippen LogP contribution in [0.4, 0.5) is 0 Å². The van der Waals surface area contributed by atoms with E-state index in [0.29, 0.717) is 5.75 Å². The number of carbonyl (C=O) groups is 2. The van der Waals surface area contributed by atoms with Crippen LogP contribution in [-0.4, -0.2) is 34.3 Å². The van der Waals surface area contributed by atoms with Gasteiger partial charge in [-0.25, -0.2) is 0 Å². The van der Waals surface area contributed by atoms with Gasteiger partial charge in [0.2, 0.25) is 0 Å². The van der Waals surface area contributed by atoms with Gasteiger partial charge in [0.1, 0.15) is 17.9 Å². The van der Waals surface area contributed by atoms with Crippen LogP contribution >= 0.6 is 0 Å². The number of aryl methyl sites for hydroxylation is 2. The number of unbranched alkanes of at least 4 members (excludes halogenated alkanes) is 1. The van der Waals surface area contributed by atoms with Gasteiger partial charge in [0.25, 0.3) is 0 Å². The predicted molar refractivity (Wildman–Crippen MR) is 102 cm³/mol. The van der Waals surface area contributed by atoms with Crippen molar-refractivity contribution in [2.45, 2.75) is 44.2 Å². The lowest BCUT2D eigenvalue weighted by Gasteiger charge is -2.21. The maximum absolute atomic E-state index is 11.0. The Morgan fingerprint density at radius 1 is 0.889 bits per heavy atom. The number of ether oxygens (including phenoxy) is 1. The number of carboxylic acid groups (broad SMARTS) is 2. The minimum absolute atomic E-state index is 0.408. The van der Waals surface area contributed by atoms with Crippen molar-refractivity contribution in [1.29, 1.82) is 0 Å². The summed E-state index contributed by atoms with van der Waals surface area (Å²) in [7, 11) is 0. The summed E-state index contributed by atoms with van der Waals surface area (Å²) in [6.45, 7) is 0. The topological polar surface area (TPSA) is 110 Å². The van der Waals surface area contributed by atoms with Crippen LogP contribution in [0.5, 0.6) is 5.75 Å². The molecule has 0 aliphatic heterocycles. The van der Waals surface area contributed by atoms with Gasteiger partial charge in [0.05, 0.1) is 6.42 Å². The standard InChI is InChI=1S/C21H25NO5/c22-20(21(25)26)18(14-19(23)24)27-17-12-10-16(11-13-17)9-5-4-8-15-6-2-1-3-7-15/h1-3,6-7,10-13,18,20H,4-5,8-9,14,22H2,(H,23,24)(H,25,26). The fourth-order valence-corrected chi connectivity index (χ4v) is 2.79. The third-order valence-electron chi connectivity index (χ3n) is 4.30. The van der Waals surface area contributed by atoms with Crippen LogP contribution in [-0.2, 0) is 22.4 Å². The van der Waals surface area contributed by atoms with Gasteiger partial charge < -0.3 is 20.7 Å². The highest BCUT2D eigenvalue weighted by atomic mass is 16.5. The van der Waals surface area contributed by atoms with Crippen LogP contribution in [0.3, 0.4) is 0 Å². The van der Waals surface area contributed by atoms with Crippen molar-refractivity contribution in [2.75, 3.05) is 0 Å². The zero-order valence-electron chi connectivity index (χ0n) is 15.1. The molecule has 0 bridgehead atoms. The molecule has 0 aliphatic carbocycles. The van der Waals surface area contributed by atoms with E-state index in [1.54, 1.807) is 12.1 Å². The van der Waals surface area contributed by atoms with Crippen molar-refractivity contribution >= 4 is 11.9 Å². The van der Waals surface area contributed by atoms with Gasteiger partial charge in [-0.2, -0.15) is 0 Å². The molecule has 0 spiro atoms. The Morgan fingerprint density at radius 3 is 1.96 bits per heavy atom. The molecule has 0 aromatic heterocycles. The molecule has 0 radical (unpaired) electrons. The molecule has 0 saturated heterocycles. The molecule has 2 aromatic rings. The number of nitrogens with two attached hydrogens (primary N) is 1. The Bertz CT molecular complexity index is 730. The molecule has 4 N–H and O–H groups in total. The van der Waals surface area contributed by atoms with E-state index in [-0.39, 0.29) is 0 Å². The Hall–Kier alpha value is -2.86. The summed E-state index contributed by atoms with van der Waals surface area (Å²) in [6.07, 6.45) is 2.52. The summed E-state index contributed by atoms with van der Waals surface area (Å²) in [6, 6.07) is 16.2. The minimum atomic E-state index is -1.40. The lowest BCUT2D eigenvalue weighted by Crippen LogP contribution is -2.46. The molecule has 0 amide bonds. The van der Waals surface area contributed by atoms with Gasteiger partial charge in [0.15, 0.2) is 0 Å². The van der Waals surface area contributed by atoms with Gasteiger partial charge in [0, 0.05) is 0 Å². The zero-order chi connectivity index (χ0) is 19.6. The first-order chi connectivity index (χ1) is 13.0. The predicted octanol–water partition coefficient (Wildman–Crippen LogP) is 2.89. The number of benzene rings is 2. The Labute approximate surface area is 158 Å². The molecule has 6 heteroatoms. The largest absolute Gasteiger partial charge is 0.488 e. The lowest BCUT2D eigenvalue weighted by molar-refractivity contribution is -0.143. The molecule has 2 unspecified atom stereocenters. The number of aliphatic carboxylic acids is 2. The second kappa shape index (κ2) is 10.3. The molecule has 2 atom stereocenters. The van der Waals surface area contributed by atoms with Gasteiger partial charge in [-0.05, 0) is 48.9 Å². The summed E-state index contributed by atoms with van der Waals surface area (Å²) in [5.74, 6) is -2.05. The van der Waals surface area contributed by atoms with Gasteiger partial charge in [-0.1, -0.05) is 42.5 Å². The van der Waals surface area contributed by atoms with Crippen molar-refractivity contribution in [3.05, 3.63) is 65.7 Å².